The lowest BCUT2D eigenvalue weighted by Crippen LogP contribution is -2.16. The lowest BCUT2D eigenvalue weighted by Gasteiger charge is -2.03. The average molecular weight is 361 g/mol. The molecule has 0 saturated carbocycles. The summed E-state index contributed by atoms with van der Waals surface area (Å²) in [7, 11) is 0. The van der Waals surface area contributed by atoms with E-state index >= 15 is 0 Å². The van der Waals surface area contributed by atoms with Crippen molar-refractivity contribution >= 4 is 27.8 Å². The smallest absolute Gasteiger partial charge is 0.283 e. The molecule has 0 fully saturated rings. The molecule has 128 valence electrons. The Morgan fingerprint density at radius 2 is 1.85 bits per heavy atom. The number of phenols is 1. The third-order valence-electron chi connectivity index (χ3n) is 4.09. The molecule has 5 nitrogen and oxygen atoms in total. The van der Waals surface area contributed by atoms with Gasteiger partial charge in [0.2, 0.25) is 0 Å². The van der Waals surface area contributed by atoms with Gasteiger partial charge in [-0.2, -0.15) is 9.78 Å². The largest absolute Gasteiger partial charge is 0.507 e. The molecule has 2 heterocycles. The Labute approximate surface area is 153 Å². The molecular formula is C20H15N3O2S. The molecular weight excluding hydrogens is 346 g/mol. The van der Waals surface area contributed by atoms with Crippen molar-refractivity contribution in [2.75, 3.05) is 0 Å². The van der Waals surface area contributed by atoms with E-state index in [4.69, 9.17) is 0 Å². The number of hydrogen-bond donors (Lipinski definition) is 1. The van der Waals surface area contributed by atoms with E-state index in [9.17, 15) is 9.90 Å². The highest BCUT2D eigenvalue weighted by molar-refractivity contribution is 7.19. The third kappa shape index (κ3) is 2.80. The van der Waals surface area contributed by atoms with Gasteiger partial charge in [0.15, 0.2) is 0 Å². The molecule has 4 rings (SSSR count). The Balaban J connectivity index is 1.88. The van der Waals surface area contributed by atoms with E-state index < -0.39 is 0 Å². The van der Waals surface area contributed by atoms with E-state index in [2.05, 4.69) is 10.1 Å². The van der Waals surface area contributed by atoms with Crippen molar-refractivity contribution in [1.82, 2.24) is 9.66 Å². The van der Waals surface area contributed by atoms with Gasteiger partial charge in [0.05, 0.1) is 11.6 Å². The van der Waals surface area contributed by atoms with E-state index in [0.29, 0.717) is 15.8 Å². The molecule has 0 radical (unpaired) electrons. The SMILES string of the molecule is Cc1sc2ncn(/N=C/c3ccccc3O)c(=O)c2c1-c1ccccc1. The summed E-state index contributed by atoms with van der Waals surface area (Å²) in [4.78, 5) is 19.1. The fraction of sp³-hybridized carbons (Fsp3) is 0.0500. The van der Waals surface area contributed by atoms with Crippen LogP contribution in [0.1, 0.15) is 10.4 Å². The first kappa shape index (κ1) is 16.2. The number of aryl methyl sites for hydroxylation is 1. The highest BCUT2D eigenvalue weighted by atomic mass is 32.1. The number of benzene rings is 2. The minimum atomic E-state index is -0.232. The third-order valence-corrected chi connectivity index (χ3v) is 5.11. The summed E-state index contributed by atoms with van der Waals surface area (Å²) in [5.74, 6) is 0.106. The zero-order valence-corrected chi connectivity index (χ0v) is 14.8. The number of hydrogen-bond acceptors (Lipinski definition) is 5. The van der Waals surface area contributed by atoms with Crippen LogP contribution in [0, 0.1) is 6.92 Å². The molecule has 0 unspecified atom stereocenters. The quantitative estimate of drug-likeness (QED) is 0.560. The summed E-state index contributed by atoms with van der Waals surface area (Å²) >= 11 is 1.50. The summed E-state index contributed by atoms with van der Waals surface area (Å²) in [5.41, 5.74) is 2.18. The van der Waals surface area contributed by atoms with Crippen molar-refractivity contribution in [3.05, 3.63) is 81.7 Å². The van der Waals surface area contributed by atoms with Crippen molar-refractivity contribution in [1.29, 1.82) is 0 Å². The first-order valence-electron chi connectivity index (χ1n) is 8.03. The number of rotatable bonds is 3. The van der Waals surface area contributed by atoms with Gasteiger partial charge in [-0.05, 0) is 24.6 Å². The normalized spacial score (nSPS) is 11.4. The second kappa shape index (κ2) is 6.57. The number of thiophene rings is 1. The molecule has 0 aliphatic rings. The standard InChI is InChI=1S/C20H15N3O2S/c1-13-17(14-7-3-2-4-8-14)18-19(26-13)21-12-23(20(18)25)22-11-15-9-5-6-10-16(15)24/h2-12,24H,1H3/b22-11+. The van der Waals surface area contributed by atoms with Gasteiger partial charge in [-0.1, -0.05) is 42.5 Å². The van der Waals surface area contributed by atoms with Gasteiger partial charge in [0.1, 0.15) is 16.9 Å². The van der Waals surface area contributed by atoms with E-state index in [-0.39, 0.29) is 11.3 Å². The number of para-hydroxylation sites is 1. The first-order valence-corrected chi connectivity index (χ1v) is 8.85. The van der Waals surface area contributed by atoms with E-state index in [0.717, 1.165) is 16.0 Å². The lowest BCUT2D eigenvalue weighted by atomic mass is 10.0. The highest BCUT2D eigenvalue weighted by Gasteiger charge is 2.16. The second-order valence-electron chi connectivity index (χ2n) is 5.78. The second-order valence-corrected chi connectivity index (χ2v) is 6.98. The van der Waals surface area contributed by atoms with Crippen molar-refractivity contribution in [2.24, 2.45) is 5.10 Å². The van der Waals surface area contributed by atoms with E-state index in [1.165, 1.54) is 28.6 Å². The molecule has 26 heavy (non-hydrogen) atoms. The monoisotopic (exact) mass is 361 g/mol. The van der Waals surface area contributed by atoms with Crippen molar-refractivity contribution < 1.29 is 5.11 Å². The van der Waals surface area contributed by atoms with Crippen LogP contribution in [0.4, 0.5) is 0 Å². The summed E-state index contributed by atoms with van der Waals surface area (Å²) in [6.07, 6.45) is 2.86. The van der Waals surface area contributed by atoms with Crippen LogP contribution in [0.15, 0.2) is 70.8 Å². The van der Waals surface area contributed by atoms with Crippen LogP contribution in [-0.2, 0) is 0 Å². The van der Waals surface area contributed by atoms with Gasteiger partial charge >= 0.3 is 0 Å². The molecule has 0 spiro atoms. The molecule has 0 aliphatic heterocycles. The fourth-order valence-electron chi connectivity index (χ4n) is 2.85. The molecule has 2 aromatic heterocycles. The van der Waals surface area contributed by atoms with Crippen LogP contribution in [-0.4, -0.2) is 21.0 Å². The number of phenolic OH excluding ortho intramolecular Hbond substituents is 1. The van der Waals surface area contributed by atoms with Crippen molar-refractivity contribution in [3.63, 3.8) is 0 Å². The maximum Gasteiger partial charge on any atom is 0.283 e. The number of aromatic hydroxyl groups is 1. The summed E-state index contributed by atoms with van der Waals surface area (Å²) < 4.78 is 1.20. The van der Waals surface area contributed by atoms with Gasteiger partial charge in [-0.25, -0.2) is 4.98 Å². The summed E-state index contributed by atoms with van der Waals surface area (Å²) in [6, 6.07) is 16.6. The van der Waals surface area contributed by atoms with E-state index in [1.807, 2.05) is 37.3 Å². The van der Waals surface area contributed by atoms with Crippen LogP contribution in [0.3, 0.4) is 0 Å². The van der Waals surface area contributed by atoms with Gasteiger partial charge in [-0.15, -0.1) is 11.3 Å². The van der Waals surface area contributed by atoms with Crippen LogP contribution in [0.5, 0.6) is 5.75 Å². The predicted molar refractivity (Wildman–Crippen MR) is 105 cm³/mol. The molecule has 0 bridgehead atoms. The van der Waals surface area contributed by atoms with Crippen molar-refractivity contribution in [2.45, 2.75) is 6.92 Å². The minimum Gasteiger partial charge on any atom is -0.507 e. The summed E-state index contributed by atoms with van der Waals surface area (Å²) in [6.45, 7) is 1.99. The van der Waals surface area contributed by atoms with Crippen molar-refractivity contribution in [3.8, 4) is 16.9 Å². The van der Waals surface area contributed by atoms with Gasteiger partial charge in [0.25, 0.3) is 5.56 Å². The Morgan fingerprint density at radius 3 is 2.62 bits per heavy atom. The average Bonchev–Trinajstić information content (AvgIpc) is 3.00. The zero-order chi connectivity index (χ0) is 18.1. The molecule has 0 saturated heterocycles. The molecule has 6 heteroatoms. The van der Waals surface area contributed by atoms with Crippen LogP contribution in [0.2, 0.25) is 0 Å². The van der Waals surface area contributed by atoms with Gasteiger partial charge in [0, 0.05) is 16.0 Å². The molecule has 4 aromatic rings. The Morgan fingerprint density at radius 1 is 1.12 bits per heavy atom. The Bertz CT molecular complexity index is 1180. The highest BCUT2D eigenvalue weighted by Crippen LogP contribution is 2.35. The first-order chi connectivity index (χ1) is 12.6. The number of nitrogens with zero attached hydrogens (tertiary/aromatic N) is 3. The lowest BCUT2D eigenvalue weighted by molar-refractivity contribution is 0.474. The van der Waals surface area contributed by atoms with Gasteiger partial charge < -0.3 is 5.11 Å². The minimum absolute atomic E-state index is 0.106. The van der Waals surface area contributed by atoms with E-state index in [1.54, 1.807) is 24.3 Å². The van der Waals surface area contributed by atoms with Crippen LogP contribution >= 0.6 is 11.3 Å². The fourth-order valence-corrected chi connectivity index (χ4v) is 3.85. The maximum absolute atomic E-state index is 13.0. The predicted octanol–water partition coefficient (Wildman–Crippen LogP) is 4.02. The van der Waals surface area contributed by atoms with Gasteiger partial charge in [-0.3, -0.25) is 4.79 Å². The number of fused-ring (bicyclic) bond motifs is 1. The van der Waals surface area contributed by atoms with Crippen LogP contribution < -0.4 is 5.56 Å². The molecule has 2 aromatic carbocycles. The molecule has 1 N–H and O–H groups in total. The Hall–Kier alpha value is -3.25. The molecule has 0 amide bonds. The van der Waals surface area contributed by atoms with Crippen LogP contribution in [0.25, 0.3) is 21.3 Å². The molecule has 0 atom stereocenters. The maximum atomic E-state index is 13.0. The molecule has 0 aliphatic carbocycles. The Kier molecular flexibility index (Phi) is 4.10. The summed E-state index contributed by atoms with van der Waals surface area (Å²) in [5, 5.41) is 14.6. The zero-order valence-electron chi connectivity index (χ0n) is 14.0. The topological polar surface area (TPSA) is 67.5 Å². The number of aromatic nitrogens is 2.